The van der Waals surface area contributed by atoms with Crippen LogP contribution in [0.25, 0.3) is 0 Å². The lowest BCUT2D eigenvalue weighted by Crippen LogP contribution is -2.14. The topological polar surface area (TPSA) is 82.8 Å². The number of sulfonamides is 1. The second-order valence-electron chi connectivity index (χ2n) is 4.05. The molecule has 7 heteroatoms. The third-order valence-electron chi connectivity index (χ3n) is 2.65. The predicted molar refractivity (Wildman–Crippen MR) is 70.9 cm³/mol. The minimum Gasteiger partial charge on any atom is -0.278 e. The average molecular weight is 291 g/mol. The second-order valence-corrected chi connectivity index (χ2v) is 5.73. The predicted octanol–water partition coefficient (Wildman–Crippen LogP) is 2.20. The first-order valence-electron chi connectivity index (χ1n) is 5.57. The van der Waals surface area contributed by atoms with E-state index in [-0.39, 0.29) is 10.5 Å². The van der Waals surface area contributed by atoms with Gasteiger partial charge in [-0.2, -0.15) is 5.26 Å². The summed E-state index contributed by atoms with van der Waals surface area (Å²) in [6.07, 6.45) is 2.92. The Bertz CT molecular complexity index is 798. The number of halogens is 1. The molecule has 0 aliphatic rings. The summed E-state index contributed by atoms with van der Waals surface area (Å²) in [6.45, 7) is 1.73. The molecule has 20 heavy (non-hydrogen) atoms. The molecule has 1 aromatic carbocycles. The molecule has 0 fully saturated rings. The quantitative estimate of drug-likeness (QED) is 0.939. The van der Waals surface area contributed by atoms with Gasteiger partial charge in [-0.3, -0.25) is 9.71 Å². The molecular formula is C13H10FN3O2S. The number of nitriles is 1. The van der Waals surface area contributed by atoms with Crippen LogP contribution in [0.4, 0.5) is 10.1 Å². The lowest BCUT2D eigenvalue weighted by Gasteiger charge is -2.10. The van der Waals surface area contributed by atoms with E-state index < -0.39 is 15.8 Å². The molecule has 0 unspecified atom stereocenters. The van der Waals surface area contributed by atoms with Crippen molar-refractivity contribution in [2.45, 2.75) is 11.8 Å². The van der Waals surface area contributed by atoms with Crippen molar-refractivity contribution in [1.82, 2.24) is 4.98 Å². The summed E-state index contributed by atoms with van der Waals surface area (Å²) in [5.74, 6) is -0.760. The lowest BCUT2D eigenvalue weighted by atomic mass is 10.2. The van der Waals surface area contributed by atoms with Crippen LogP contribution in [0.15, 0.2) is 41.6 Å². The summed E-state index contributed by atoms with van der Waals surface area (Å²) in [5, 5.41) is 8.73. The van der Waals surface area contributed by atoms with E-state index in [0.29, 0.717) is 11.3 Å². The number of nitrogens with one attached hydrogen (secondary N) is 1. The van der Waals surface area contributed by atoms with Crippen LogP contribution in [0.3, 0.4) is 0 Å². The van der Waals surface area contributed by atoms with Gasteiger partial charge in [-0.25, -0.2) is 12.8 Å². The molecule has 0 amide bonds. The van der Waals surface area contributed by atoms with Crippen molar-refractivity contribution in [3.8, 4) is 6.07 Å². The Hall–Kier alpha value is -2.46. The van der Waals surface area contributed by atoms with Crippen molar-refractivity contribution < 1.29 is 12.8 Å². The molecule has 0 saturated heterocycles. The molecule has 1 N–H and O–H groups in total. The minimum absolute atomic E-state index is 0.182. The summed E-state index contributed by atoms with van der Waals surface area (Å²) in [5.41, 5.74) is 0.706. The summed E-state index contributed by atoms with van der Waals surface area (Å²) >= 11 is 0. The molecule has 1 heterocycles. The number of nitrogens with zero attached hydrogens (tertiary/aromatic N) is 2. The van der Waals surface area contributed by atoms with E-state index in [1.165, 1.54) is 6.20 Å². The molecule has 2 rings (SSSR count). The van der Waals surface area contributed by atoms with Crippen LogP contribution in [0, 0.1) is 24.1 Å². The van der Waals surface area contributed by atoms with Gasteiger partial charge in [0.2, 0.25) is 0 Å². The highest BCUT2D eigenvalue weighted by Crippen LogP contribution is 2.20. The SMILES string of the molecule is Cc1ccncc1NS(=O)(=O)c1ccc(F)c(C#N)c1. The van der Waals surface area contributed by atoms with E-state index >= 15 is 0 Å². The fourth-order valence-electron chi connectivity index (χ4n) is 1.53. The maximum atomic E-state index is 13.2. The Morgan fingerprint density at radius 2 is 2.10 bits per heavy atom. The van der Waals surface area contributed by atoms with Crippen molar-refractivity contribution >= 4 is 15.7 Å². The maximum Gasteiger partial charge on any atom is 0.261 e. The number of rotatable bonds is 3. The fraction of sp³-hybridized carbons (Fsp3) is 0.0769. The zero-order valence-corrected chi connectivity index (χ0v) is 11.3. The van der Waals surface area contributed by atoms with Crippen LogP contribution in [0.1, 0.15) is 11.1 Å². The lowest BCUT2D eigenvalue weighted by molar-refractivity contribution is 0.599. The molecule has 0 atom stereocenters. The zero-order valence-electron chi connectivity index (χ0n) is 10.5. The van der Waals surface area contributed by atoms with Crippen LogP contribution in [0.5, 0.6) is 0 Å². The summed E-state index contributed by atoms with van der Waals surface area (Å²) in [4.78, 5) is 3.65. The van der Waals surface area contributed by atoms with Crippen LogP contribution in [-0.2, 0) is 10.0 Å². The second kappa shape index (κ2) is 5.27. The van der Waals surface area contributed by atoms with Gasteiger partial charge < -0.3 is 0 Å². The Kier molecular flexibility index (Phi) is 3.68. The van der Waals surface area contributed by atoms with Crippen molar-refractivity contribution in [3.63, 3.8) is 0 Å². The van der Waals surface area contributed by atoms with Crippen molar-refractivity contribution in [1.29, 1.82) is 5.26 Å². The molecule has 1 aromatic heterocycles. The number of hydrogen-bond donors (Lipinski definition) is 1. The summed E-state index contributed by atoms with van der Waals surface area (Å²) < 4.78 is 39.9. The molecule has 0 spiro atoms. The van der Waals surface area contributed by atoms with Gasteiger partial charge in [-0.1, -0.05) is 0 Å². The average Bonchev–Trinajstić information content (AvgIpc) is 2.41. The number of hydrogen-bond acceptors (Lipinski definition) is 4. The van der Waals surface area contributed by atoms with Gasteiger partial charge in [-0.05, 0) is 36.8 Å². The summed E-state index contributed by atoms with van der Waals surface area (Å²) in [6, 6.07) is 6.30. The molecule has 5 nitrogen and oxygen atoms in total. The first-order chi connectivity index (χ1) is 9.44. The van der Waals surface area contributed by atoms with Gasteiger partial charge in [0, 0.05) is 6.20 Å². The zero-order chi connectivity index (χ0) is 14.8. The van der Waals surface area contributed by atoms with Crippen molar-refractivity contribution in [3.05, 3.63) is 53.6 Å². The van der Waals surface area contributed by atoms with Crippen LogP contribution in [-0.4, -0.2) is 13.4 Å². The van der Waals surface area contributed by atoms with Gasteiger partial charge in [0.15, 0.2) is 0 Å². The van der Waals surface area contributed by atoms with E-state index in [9.17, 15) is 12.8 Å². The van der Waals surface area contributed by atoms with Crippen LogP contribution in [0.2, 0.25) is 0 Å². The van der Waals surface area contributed by atoms with E-state index in [0.717, 1.165) is 18.2 Å². The van der Waals surface area contributed by atoms with Crippen molar-refractivity contribution in [2.75, 3.05) is 4.72 Å². The molecule has 0 saturated carbocycles. The minimum atomic E-state index is -3.89. The van der Waals surface area contributed by atoms with E-state index in [4.69, 9.17) is 5.26 Å². The molecule has 0 radical (unpaired) electrons. The largest absolute Gasteiger partial charge is 0.278 e. The van der Waals surface area contributed by atoms with E-state index in [2.05, 4.69) is 9.71 Å². The number of aromatic nitrogens is 1. The molecule has 0 aliphatic heterocycles. The number of aryl methyl sites for hydroxylation is 1. The third kappa shape index (κ3) is 2.75. The molecular weight excluding hydrogens is 281 g/mol. The third-order valence-corrected chi connectivity index (χ3v) is 4.02. The van der Waals surface area contributed by atoms with E-state index in [1.807, 2.05) is 0 Å². The van der Waals surface area contributed by atoms with Gasteiger partial charge in [0.25, 0.3) is 10.0 Å². The summed E-state index contributed by atoms with van der Waals surface area (Å²) in [7, 11) is -3.89. The Balaban J connectivity index is 2.42. The first kappa shape index (κ1) is 14.0. The van der Waals surface area contributed by atoms with E-state index in [1.54, 1.807) is 25.3 Å². The number of pyridine rings is 1. The molecule has 0 bridgehead atoms. The first-order valence-corrected chi connectivity index (χ1v) is 7.05. The smallest absolute Gasteiger partial charge is 0.261 e. The molecule has 2 aromatic rings. The Morgan fingerprint density at radius 1 is 1.35 bits per heavy atom. The number of benzene rings is 1. The molecule has 0 aliphatic carbocycles. The normalized spacial score (nSPS) is 10.8. The highest BCUT2D eigenvalue weighted by molar-refractivity contribution is 7.92. The standard InChI is InChI=1S/C13H10FN3O2S/c1-9-4-5-16-8-13(9)17-20(18,19)11-2-3-12(14)10(6-11)7-15/h2-6,8,17H,1H3. The Morgan fingerprint density at radius 3 is 2.75 bits per heavy atom. The van der Waals surface area contributed by atoms with Gasteiger partial charge in [-0.15, -0.1) is 0 Å². The van der Waals surface area contributed by atoms with Crippen LogP contribution < -0.4 is 4.72 Å². The molecule has 102 valence electrons. The maximum absolute atomic E-state index is 13.2. The highest BCUT2D eigenvalue weighted by Gasteiger charge is 2.17. The highest BCUT2D eigenvalue weighted by atomic mass is 32.2. The van der Waals surface area contributed by atoms with Crippen molar-refractivity contribution in [2.24, 2.45) is 0 Å². The van der Waals surface area contributed by atoms with Crippen LogP contribution >= 0.6 is 0 Å². The fourth-order valence-corrected chi connectivity index (χ4v) is 2.67. The van der Waals surface area contributed by atoms with Gasteiger partial charge >= 0.3 is 0 Å². The van der Waals surface area contributed by atoms with Gasteiger partial charge in [0.05, 0.1) is 22.3 Å². The Labute approximate surface area is 115 Å². The number of anilines is 1. The monoisotopic (exact) mass is 291 g/mol. The van der Waals surface area contributed by atoms with Gasteiger partial charge in [0.1, 0.15) is 11.9 Å².